The van der Waals surface area contributed by atoms with Crippen LogP contribution in [0.3, 0.4) is 0 Å². The lowest BCUT2D eigenvalue weighted by Gasteiger charge is -2.15. The molecule has 100 valence electrons. The minimum atomic E-state index is -0.363. The number of anilines is 1. The Morgan fingerprint density at radius 1 is 1.11 bits per heavy atom. The van der Waals surface area contributed by atoms with Crippen molar-refractivity contribution in [2.75, 3.05) is 19.0 Å². The Labute approximate surface area is 118 Å². The van der Waals surface area contributed by atoms with E-state index in [1.54, 1.807) is 25.2 Å². The Morgan fingerprint density at radius 3 is 2.21 bits per heavy atom. The summed E-state index contributed by atoms with van der Waals surface area (Å²) in [6.45, 7) is 0. The largest absolute Gasteiger partial charge is 0.372 e. The molecule has 1 aromatic heterocycles. The molecule has 0 spiro atoms. The molecule has 0 amide bonds. The van der Waals surface area contributed by atoms with Crippen molar-refractivity contribution in [3.8, 4) is 5.69 Å². The van der Waals surface area contributed by atoms with E-state index in [9.17, 15) is 9.59 Å². The lowest BCUT2D eigenvalue weighted by Crippen LogP contribution is -2.39. The molecule has 0 saturated carbocycles. The average molecular weight is 324 g/mol. The Morgan fingerprint density at radius 2 is 1.68 bits per heavy atom. The van der Waals surface area contributed by atoms with Gasteiger partial charge in [-0.1, -0.05) is 15.9 Å². The van der Waals surface area contributed by atoms with Crippen LogP contribution in [0, 0.1) is 0 Å². The normalized spacial score (nSPS) is 10.5. The van der Waals surface area contributed by atoms with Gasteiger partial charge in [-0.3, -0.25) is 13.9 Å². The first kappa shape index (κ1) is 13.6. The lowest BCUT2D eigenvalue weighted by atomic mass is 10.3. The summed E-state index contributed by atoms with van der Waals surface area (Å²) in [6, 6.07) is 7.33. The number of benzene rings is 1. The van der Waals surface area contributed by atoms with Crippen molar-refractivity contribution in [1.82, 2.24) is 9.13 Å². The fraction of sp³-hybridized carbons (Fsp3) is 0.231. The predicted octanol–water partition coefficient (Wildman–Crippen LogP) is 1.36. The van der Waals surface area contributed by atoms with Crippen LogP contribution in [0.5, 0.6) is 0 Å². The van der Waals surface area contributed by atoms with Gasteiger partial charge in [0.15, 0.2) is 0 Å². The van der Waals surface area contributed by atoms with E-state index in [1.807, 2.05) is 24.3 Å². The molecular weight excluding hydrogens is 310 g/mol. The van der Waals surface area contributed by atoms with E-state index in [2.05, 4.69) is 15.9 Å². The van der Waals surface area contributed by atoms with Gasteiger partial charge in [0.1, 0.15) is 5.69 Å². The number of hydrogen-bond acceptors (Lipinski definition) is 3. The van der Waals surface area contributed by atoms with Crippen molar-refractivity contribution in [3.05, 3.63) is 55.8 Å². The van der Waals surface area contributed by atoms with Crippen LogP contribution in [0.1, 0.15) is 0 Å². The Balaban J connectivity index is 2.74. The highest BCUT2D eigenvalue weighted by molar-refractivity contribution is 9.10. The summed E-state index contributed by atoms with van der Waals surface area (Å²) >= 11 is 3.35. The van der Waals surface area contributed by atoms with Crippen LogP contribution in [-0.4, -0.2) is 23.2 Å². The summed E-state index contributed by atoms with van der Waals surface area (Å²) in [5, 5.41) is 0. The van der Waals surface area contributed by atoms with Gasteiger partial charge in [0, 0.05) is 31.8 Å². The van der Waals surface area contributed by atoms with Crippen LogP contribution in [0.2, 0.25) is 0 Å². The van der Waals surface area contributed by atoms with Gasteiger partial charge in [0.2, 0.25) is 0 Å². The van der Waals surface area contributed by atoms with Crippen LogP contribution in [-0.2, 0) is 7.05 Å². The molecule has 0 aliphatic carbocycles. The number of hydrogen-bond donors (Lipinski definition) is 0. The standard InChI is InChI=1S/C13H14BrN3O2/c1-15(2)11-8-17(13(19)16(3)12(11)18)10-6-4-9(14)5-7-10/h4-8H,1-3H3. The first-order chi connectivity index (χ1) is 8.91. The maximum absolute atomic E-state index is 12.1. The van der Waals surface area contributed by atoms with Crippen molar-refractivity contribution in [1.29, 1.82) is 0 Å². The monoisotopic (exact) mass is 323 g/mol. The van der Waals surface area contributed by atoms with Crippen molar-refractivity contribution < 1.29 is 0 Å². The second kappa shape index (κ2) is 5.05. The Kier molecular flexibility index (Phi) is 3.61. The smallest absolute Gasteiger partial charge is 0.335 e. The predicted molar refractivity (Wildman–Crippen MR) is 79.3 cm³/mol. The molecule has 0 aliphatic rings. The van der Waals surface area contributed by atoms with Crippen LogP contribution in [0.4, 0.5) is 5.69 Å². The highest BCUT2D eigenvalue weighted by Gasteiger charge is 2.11. The molecule has 0 aliphatic heterocycles. The first-order valence-electron chi connectivity index (χ1n) is 5.68. The fourth-order valence-electron chi connectivity index (χ4n) is 1.75. The van der Waals surface area contributed by atoms with Gasteiger partial charge in [0.25, 0.3) is 5.56 Å². The lowest BCUT2D eigenvalue weighted by molar-refractivity contribution is 0.724. The van der Waals surface area contributed by atoms with Crippen molar-refractivity contribution in [3.63, 3.8) is 0 Å². The van der Waals surface area contributed by atoms with Gasteiger partial charge >= 0.3 is 5.69 Å². The first-order valence-corrected chi connectivity index (χ1v) is 6.47. The van der Waals surface area contributed by atoms with Gasteiger partial charge in [0.05, 0.1) is 5.69 Å². The molecule has 2 rings (SSSR count). The molecule has 0 fully saturated rings. The molecule has 6 heteroatoms. The molecule has 5 nitrogen and oxygen atoms in total. The van der Waals surface area contributed by atoms with Crippen molar-refractivity contribution >= 4 is 21.6 Å². The number of nitrogens with zero attached hydrogens (tertiary/aromatic N) is 3. The van der Waals surface area contributed by atoms with E-state index in [-0.39, 0.29) is 11.2 Å². The molecule has 0 radical (unpaired) electrons. The number of rotatable bonds is 2. The van der Waals surface area contributed by atoms with Gasteiger partial charge in [-0.05, 0) is 24.3 Å². The number of aromatic nitrogens is 2. The minimum absolute atomic E-state index is 0.302. The second-order valence-electron chi connectivity index (χ2n) is 4.40. The molecule has 0 saturated heterocycles. The molecule has 0 unspecified atom stereocenters. The summed E-state index contributed by atoms with van der Waals surface area (Å²) < 4.78 is 3.50. The van der Waals surface area contributed by atoms with Gasteiger partial charge in [-0.25, -0.2) is 4.79 Å². The third-order valence-corrected chi connectivity index (χ3v) is 3.38. The van der Waals surface area contributed by atoms with Crippen molar-refractivity contribution in [2.24, 2.45) is 7.05 Å². The third kappa shape index (κ3) is 2.49. The summed E-state index contributed by atoms with van der Waals surface area (Å²) in [5.41, 5.74) is 0.512. The van der Waals surface area contributed by atoms with Gasteiger partial charge < -0.3 is 4.90 Å². The zero-order valence-corrected chi connectivity index (χ0v) is 12.5. The zero-order chi connectivity index (χ0) is 14.2. The highest BCUT2D eigenvalue weighted by atomic mass is 79.9. The van der Waals surface area contributed by atoms with E-state index in [1.165, 1.54) is 11.6 Å². The van der Waals surface area contributed by atoms with E-state index < -0.39 is 0 Å². The molecular formula is C13H14BrN3O2. The van der Waals surface area contributed by atoms with E-state index in [0.717, 1.165) is 9.04 Å². The van der Waals surface area contributed by atoms with Gasteiger partial charge in [-0.2, -0.15) is 0 Å². The maximum Gasteiger partial charge on any atom is 0.335 e. The van der Waals surface area contributed by atoms with Gasteiger partial charge in [-0.15, -0.1) is 0 Å². The molecule has 0 N–H and O–H groups in total. The fourth-order valence-corrected chi connectivity index (χ4v) is 2.01. The molecule has 19 heavy (non-hydrogen) atoms. The van der Waals surface area contributed by atoms with E-state index >= 15 is 0 Å². The molecule has 0 atom stereocenters. The quantitative estimate of drug-likeness (QED) is 0.838. The minimum Gasteiger partial charge on any atom is -0.372 e. The SMILES string of the molecule is CN(C)c1cn(-c2ccc(Br)cc2)c(=O)n(C)c1=O. The van der Waals surface area contributed by atoms with Crippen molar-refractivity contribution in [2.45, 2.75) is 0 Å². The Hall–Kier alpha value is -1.82. The third-order valence-electron chi connectivity index (χ3n) is 2.85. The van der Waals surface area contributed by atoms with Crippen LogP contribution in [0.15, 0.2) is 44.5 Å². The molecule has 2 aromatic rings. The summed E-state index contributed by atoms with van der Waals surface area (Å²) in [6.07, 6.45) is 1.56. The maximum atomic E-state index is 12.1. The summed E-state index contributed by atoms with van der Waals surface area (Å²) in [4.78, 5) is 25.8. The summed E-state index contributed by atoms with van der Waals surface area (Å²) in [5.74, 6) is 0. The van der Waals surface area contributed by atoms with Crippen LogP contribution in [0.25, 0.3) is 5.69 Å². The highest BCUT2D eigenvalue weighted by Crippen LogP contribution is 2.13. The zero-order valence-electron chi connectivity index (χ0n) is 10.9. The van der Waals surface area contributed by atoms with Crippen LogP contribution < -0.4 is 16.1 Å². The topological polar surface area (TPSA) is 47.2 Å². The average Bonchev–Trinajstić information content (AvgIpc) is 2.37. The molecule has 1 aromatic carbocycles. The Bertz CT molecular complexity index is 714. The molecule has 1 heterocycles. The summed E-state index contributed by atoms with van der Waals surface area (Å²) in [7, 11) is 5.02. The number of halogens is 1. The second-order valence-corrected chi connectivity index (χ2v) is 5.32. The molecule has 0 bridgehead atoms. The van der Waals surface area contributed by atoms with E-state index in [4.69, 9.17) is 0 Å². The van der Waals surface area contributed by atoms with Crippen LogP contribution >= 0.6 is 15.9 Å². The van der Waals surface area contributed by atoms with E-state index in [0.29, 0.717) is 11.4 Å².